The topological polar surface area (TPSA) is 231 Å². The van der Waals surface area contributed by atoms with Crippen LogP contribution in [0.4, 0.5) is 0 Å². The molecule has 0 bridgehead atoms. The van der Waals surface area contributed by atoms with Gasteiger partial charge in [0.15, 0.2) is 6.10 Å². The predicted octanol–water partition coefficient (Wildman–Crippen LogP) is 24.2. The molecule has 0 spiro atoms. The average molecular weight is 1510 g/mol. The van der Waals surface area contributed by atoms with Crippen LogP contribution < -0.4 is 0 Å². The second-order valence-electron chi connectivity index (χ2n) is 26.8. The molecular weight excluding hydrogens is 1360 g/mol. The molecule has 5 unspecified atom stereocenters. The molecule has 18 heteroatoms. The number of unbranched alkanes of at least 4 members (excludes halogenated alkanes) is 27. The third-order valence-electron chi connectivity index (χ3n) is 16.7. The Labute approximate surface area is 638 Å². The van der Waals surface area contributed by atoms with Crippen LogP contribution in [-0.2, 0) is 55.8 Å². The van der Waals surface area contributed by atoms with E-state index in [-0.39, 0.29) is 19.3 Å². The first-order chi connectivity index (χ1) is 51.2. The minimum Gasteiger partial charge on any atom is -0.463 e. The first-order valence-corrected chi connectivity index (χ1v) is 43.8. The third kappa shape index (κ3) is 80.0. The van der Waals surface area contributed by atoms with Gasteiger partial charge in [-0.05, 0) is 141 Å². The number of hydrogen-bond acceptors (Lipinski definition) is 14. The summed E-state index contributed by atoms with van der Waals surface area (Å²) in [5, 5.41) is 20.6. The van der Waals surface area contributed by atoms with Crippen molar-refractivity contribution in [2.75, 3.05) is 39.6 Å². The summed E-state index contributed by atoms with van der Waals surface area (Å²) < 4.78 is 61.0. The molecule has 5 atom stereocenters. The molecular formula is C87H146O16P2. The summed E-state index contributed by atoms with van der Waals surface area (Å²) >= 11 is 0. The van der Waals surface area contributed by atoms with Gasteiger partial charge in [-0.25, -0.2) is 9.13 Å². The molecule has 0 aromatic carbocycles. The summed E-state index contributed by atoms with van der Waals surface area (Å²) in [6.07, 6.45) is 99.0. The van der Waals surface area contributed by atoms with Gasteiger partial charge >= 0.3 is 33.6 Å². The molecule has 0 aromatic heterocycles. The van der Waals surface area contributed by atoms with Crippen molar-refractivity contribution in [1.82, 2.24) is 0 Å². The Hall–Kier alpha value is -4.83. The Balaban J connectivity index is 4.45. The van der Waals surface area contributed by atoms with Gasteiger partial charge < -0.3 is 34.2 Å². The predicted molar refractivity (Wildman–Crippen MR) is 435 cm³/mol. The number of carbonyl (C=O) groups is 3. The van der Waals surface area contributed by atoms with E-state index in [9.17, 15) is 43.5 Å². The van der Waals surface area contributed by atoms with E-state index in [1.807, 2.05) is 12.2 Å². The van der Waals surface area contributed by atoms with Crippen molar-refractivity contribution in [3.05, 3.63) is 158 Å². The number of phosphoric ester groups is 2. The summed E-state index contributed by atoms with van der Waals surface area (Å²) in [5.74, 6) is -1.67. The number of rotatable bonds is 76. The lowest BCUT2D eigenvalue weighted by Gasteiger charge is -2.21. The molecule has 0 aliphatic rings. The maximum absolute atomic E-state index is 13.0. The Morgan fingerprint density at radius 3 is 0.838 bits per heavy atom. The summed E-state index contributed by atoms with van der Waals surface area (Å²) in [7, 11) is -9.82. The normalized spacial score (nSPS) is 14.8. The van der Waals surface area contributed by atoms with Crippen LogP contribution in [0.15, 0.2) is 158 Å². The highest BCUT2D eigenvalue weighted by atomic mass is 31.2. The maximum Gasteiger partial charge on any atom is 0.472 e. The van der Waals surface area contributed by atoms with E-state index >= 15 is 0 Å². The van der Waals surface area contributed by atoms with E-state index in [2.05, 4.69) is 167 Å². The summed E-state index contributed by atoms with van der Waals surface area (Å²) in [6.45, 7) is 2.33. The molecule has 0 fully saturated rings. The van der Waals surface area contributed by atoms with Gasteiger partial charge in [-0.1, -0.05) is 314 Å². The fraction of sp³-hybridized carbons (Fsp3) is 0.667. The van der Waals surface area contributed by atoms with Crippen LogP contribution >= 0.6 is 15.6 Å². The highest BCUT2D eigenvalue weighted by Gasteiger charge is 2.29. The molecule has 600 valence electrons. The minimum atomic E-state index is -4.95. The lowest BCUT2D eigenvalue weighted by Crippen LogP contribution is -2.30. The minimum absolute atomic E-state index is 0.0594. The van der Waals surface area contributed by atoms with Crippen LogP contribution in [0.2, 0.25) is 0 Å². The molecule has 0 rings (SSSR count). The number of carbonyl (C=O) groups excluding carboxylic acids is 3. The highest BCUT2D eigenvalue weighted by molar-refractivity contribution is 7.47. The maximum atomic E-state index is 13.0. The van der Waals surface area contributed by atoms with Gasteiger partial charge in [0.2, 0.25) is 0 Å². The van der Waals surface area contributed by atoms with Crippen LogP contribution in [0.3, 0.4) is 0 Å². The van der Waals surface area contributed by atoms with Gasteiger partial charge in [0.05, 0.1) is 26.4 Å². The SMILES string of the molecule is CC/C=C\C/C=C\C/C=C\C/C=C\C/C=C\CCCC(=O)OCC(COP(=O)(O)OCC(O)COP(=O)(O)OCC(O)COC(=O)CCCCCCCCCCCCCCCCCCCCC/C=C\C/C=C\C/C=C\C/C=C\CCCCC)OC(=O)CCCCCC/C=C\C/C=C\C/C=C\C/C=C\CC. The van der Waals surface area contributed by atoms with Gasteiger partial charge in [0, 0.05) is 19.3 Å². The van der Waals surface area contributed by atoms with Crippen molar-refractivity contribution in [2.24, 2.45) is 0 Å². The number of esters is 3. The van der Waals surface area contributed by atoms with Crippen molar-refractivity contribution in [2.45, 2.75) is 334 Å². The molecule has 4 N–H and O–H groups in total. The smallest absolute Gasteiger partial charge is 0.463 e. The second-order valence-corrected chi connectivity index (χ2v) is 29.7. The number of aliphatic hydroxyl groups excluding tert-OH is 2. The van der Waals surface area contributed by atoms with E-state index in [1.54, 1.807) is 0 Å². The molecule has 0 saturated heterocycles. The highest BCUT2D eigenvalue weighted by Crippen LogP contribution is 2.45. The molecule has 16 nitrogen and oxygen atoms in total. The first-order valence-electron chi connectivity index (χ1n) is 40.8. The Bertz CT molecular complexity index is 2540. The van der Waals surface area contributed by atoms with Crippen molar-refractivity contribution < 1.29 is 75.8 Å². The van der Waals surface area contributed by atoms with E-state index in [1.165, 1.54) is 128 Å². The monoisotopic (exact) mass is 1510 g/mol. The fourth-order valence-electron chi connectivity index (χ4n) is 10.6. The Morgan fingerprint density at radius 2 is 0.514 bits per heavy atom. The van der Waals surface area contributed by atoms with E-state index in [4.69, 9.17) is 32.3 Å². The first kappa shape index (κ1) is 100. The zero-order valence-electron chi connectivity index (χ0n) is 65.6. The lowest BCUT2D eigenvalue weighted by molar-refractivity contribution is -0.161. The van der Waals surface area contributed by atoms with Crippen LogP contribution in [0.25, 0.3) is 0 Å². The standard InChI is InChI=1S/C87H146O16P2/c1-4-7-10-13-16-19-22-25-28-31-32-33-34-35-36-37-38-39-40-41-42-43-44-45-46-47-48-51-53-55-58-61-64-67-70-73-85(90)97-76-82(88)77-99-104(93,94)100-78-83(89)79-101-105(95,96)102-81-84(103-87(92)75-72-69-66-63-60-57-54-50-30-27-24-21-18-15-12-9-6-3)80-98-86(91)74-71-68-65-62-59-56-52-49-29-26-23-20-17-14-11-8-5-2/h8-9,11-12,16-21,25-30,32-33,35-36,52,54,56-57,62,65,82-84,88-89H,4-7,10,13-15,22-24,31,34,37-51,53,55,58-61,63-64,66-81H2,1-3H3,(H,93,94)(H,95,96)/b11-8-,12-9-,19-16-,20-17-,21-18-,28-25-,29-26-,30-27-,33-32-,36-35-,56-52-,57-54-,65-62-. The van der Waals surface area contributed by atoms with E-state index < -0.39 is 91.5 Å². The zero-order valence-corrected chi connectivity index (χ0v) is 67.4. The second kappa shape index (κ2) is 78.7. The van der Waals surface area contributed by atoms with Crippen molar-refractivity contribution in [3.63, 3.8) is 0 Å². The largest absolute Gasteiger partial charge is 0.472 e. The van der Waals surface area contributed by atoms with E-state index in [0.717, 1.165) is 122 Å². The summed E-state index contributed by atoms with van der Waals surface area (Å²) in [5.41, 5.74) is 0. The third-order valence-corrected chi connectivity index (χ3v) is 18.6. The van der Waals surface area contributed by atoms with Gasteiger partial charge in [-0.3, -0.25) is 32.5 Å². The summed E-state index contributed by atoms with van der Waals surface area (Å²) in [4.78, 5) is 58.6. The van der Waals surface area contributed by atoms with Crippen molar-refractivity contribution in [3.8, 4) is 0 Å². The van der Waals surface area contributed by atoms with Crippen LogP contribution in [0, 0.1) is 0 Å². The van der Waals surface area contributed by atoms with Crippen molar-refractivity contribution >= 4 is 33.6 Å². The number of ether oxygens (including phenoxy) is 3. The van der Waals surface area contributed by atoms with Gasteiger partial charge in [0.25, 0.3) is 0 Å². The molecule has 0 amide bonds. The zero-order chi connectivity index (χ0) is 76.6. The molecule has 105 heavy (non-hydrogen) atoms. The fourth-order valence-corrected chi connectivity index (χ4v) is 12.2. The molecule has 0 heterocycles. The van der Waals surface area contributed by atoms with Gasteiger partial charge in [-0.15, -0.1) is 0 Å². The lowest BCUT2D eigenvalue weighted by atomic mass is 10.0. The number of aliphatic hydroxyl groups is 2. The molecule has 0 aliphatic heterocycles. The Morgan fingerprint density at radius 1 is 0.276 bits per heavy atom. The van der Waals surface area contributed by atoms with Crippen molar-refractivity contribution in [1.29, 1.82) is 0 Å². The molecule has 0 saturated carbocycles. The van der Waals surface area contributed by atoms with Crippen LogP contribution in [0.5, 0.6) is 0 Å². The molecule has 0 radical (unpaired) electrons. The van der Waals surface area contributed by atoms with Gasteiger partial charge in [0.1, 0.15) is 25.4 Å². The number of hydrogen-bond donors (Lipinski definition) is 4. The van der Waals surface area contributed by atoms with Crippen LogP contribution in [-0.4, -0.2) is 95.9 Å². The summed E-state index contributed by atoms with van der Waals surface area (Å²) in [6, 6.07) is 0. The number of phosphoric acid groups is 2. The van der Waals surface area contributed by atoms with Gasteiger partial charge in [-0.2, -0.15) is 0 Å². The number of allylic oxidation sites excluding steroid dienone is 26. The quantitative estimate of drug-likeness (QED) is 0.0146. The van der Waals surface area contributed by atoms with Crippen LogP contribution in [0.1, 0.15) is 316 Å². The Kier molecular flexibility index (Phi) is 75.1. The average Bonchev–Trinajstić information content (AvgIpc) is 0.929. The molecule has 0 aromatic rings. The molecule has 0 aliphatic carbocycles. The van der Waals surface area contributed by atoms with E-state index in [0.29, 0.717) is 25.7 Å².